The third-order valence-electron chi connectivity index (χ3n) is 2.69. The normalized spacial score (nSPS) is 11.8. The van der Waals surface area contributed by atoms with E-state index < -0.39 is 0 Å². The summed E-state index contributed by atoms with van der Waals surface area (Å²) in [5.41, 5.74) is 2.60. The second-order valence-corrected chi connectivity index (χ2v) is 4.71. The molecular formula is C16H18. The minimum Gasteiger partial charge on any atom is -0.0814 e. The van der Waals surface area contributed by atoms with Crippen molar-refractivity contribution in [3.05, 3.63) is 53.6 Å². The van der Waals surface area contributed by atoms with Gasteiger partial charge in [-0.15, -0.1) is 0 Å². The quantitative estimate of drug-likeness (QED) is 0.666. The third-order valence-corrected chi connectivity index (χ3v) is 2.69. The lowest BCUT2D eigenvalue weighted by atomic mass is 10.0. The van der Waals surface area contributed by atoms with Crippen molar-refractivity contribution in [1.29, 1.82) is 0 Å². The van der Waals surface area contributed by atoms with E-state index in [1.54, 1.807) is 0 Å². The Morgan fingerprint density at radius 2 is 1.62 bits per heavy atom. The van der Waals surface area contributed by atoms with Gasteiger partial charge < -0.3 is 0 Å². The summed E-state index contributed by atoms with van der Waals surface area (Å²) in [6.07, 6.45) is 4.43. The molecular weight excluding hydrogens is 192 g/mol. The summed E-state index contributed by atoms with van der Waals surface area (Å²) in [5, 5.41) is 2.64. The molecule has 82 valence electrons. The van der Waals surface area contributed by atoms with Gasteiger partial charge in [0.05, 0.1) is 0 Å². The maximum atomic E-state index is 2.24. The number of hydrogen-bond donors (Lipinski definition) is 0. The molecule has 0 heterocycles. The van der Waals surface area contributed by atoms with E-state index in [0.29, 0.717) is 5.92 Å². The molecule has 0 aromatic heterocycles. The molecule has 0 radical (unpaired) electrons. The zero-order chi connectivity index (χ0) is 11.5. The molecule has 0 aliphatic heterocycles. The van der Waals surface area contributed by atoms with Gasteiger partial charge in [-0.05, 0) is 35.2 Å². The molecule has 0 atom stereocenters. The third kappa shape index (κ3) is 2.52. The van der Waals surface area contributed by atoms with Crippen LogP contribution in [0.25, 0.3) is 16.8 Å². The van der Waals surface area contributed by atoms with Crippen LogP contribution >= 0.6 is 0 Å². The van der Waals surface area contributed by atoms with Gasteiger partial charge in [0.1, 0.15) is 0 Å². The SMILES string of the molecule is Cc1ccc2cc(/C=C/C(C)C)ccc2c1. The summed E-state index contributed by atoms with van der Waals surface area (Å²) in [6.45, 7) is 6.52. The molecule has 0 spiro atoms. The van der Waals surface area contributed by atoms with Gasteiger partial charge in [0.25, 0.3) is 0 Å². The average molecular weight is 210 g/mol. The summed E-state index contributed by atoms with van der Waals surface area (Å²) in [6, 6.07) is 13.2. The highest BCUT2D eigenvalue weighted by atomic mass is 14.0. The van der Waals surface area contributed by atoms with Gasteiger partial charge in [-0.3, -0.25) is 0 Å². The lowest BCUT2D eigenvalue weighted by Crippen LogP contribution is -1.80. The van der Waals surface area contributed by atoms with Gasteiger partial charge in [0.2, 0.25) is 0 Å². The van der Waals surface area contributed by atoms with Crippen molar-refractivity contribution in [2.75, 3.05) is 0 Å². The van der Waals surface area contributed by atoms with Gasteiger partial charge >= 0.3 is 0 Å². The summed E-state index contributed by atoms with van der Waals surface area (Å²) in [7, 11) is 0. The second kappa shape index (κ2) is 4.52. The molecule has 0 saturated heterocycles. The standard InChI is InChI=1S/C16H18/c1-12(2)4-6-14-7-9-15-10-13(3)5-8-16(15)11-14/h4-12H,1-3H3/b6-4+. The second-order valence-electron chi connectivity index (χ2n) is 4.71. The first kappa shape index (κ1) is 10.9. The summed E-state index contributed by atoms with van der Waals surface area (Å²) in [4.78, 5) is 0. The molecule has 0 N–H and O–H groups in total. The Balaban J connectivity index is 2.41. The number of aryl methyl sites for hydroxylation is 1. The molecule has 0 aliphatic rings. The van der Waals surface area contributed by atoms with E-state index in [9.17, 15) is 0 Å². The number of hydrogen-bond acceptors (Lipinski definition) is 0. The fraction of sp³-hybridized carbons (Fsp3) is 0.250. The summed E-state index contributed by atoms with van der Waals surface area (Å²) in [5.74, 6) is 0.605. The van der Waals surface area contributed by atoms with Crippen molar-refractivity contribution in [1.82, 2.24) is 0 Å². The Bertz CT molecular complexity index is 519. The van der Waals surface area contributed by atoms with Gasteiger partial charge in [-0.1, -0.05) is 61.9 Å². The molecule has 0 heteroatoms. The minimum absolute atomic E-state index is 0.605. The van der Waals surface area contributed by atoms with Crippen molar-refractivity contribution in [3.8, 4) is 0 Å². The lowest BCUT2D eigenvalue weighted by Gasteiger charge is -2.01. The van der Waals surface area contributed by atoms with Crippen LogP contribution in [0.15, 0.2) is 42.5 Å². The summed E-state index contributed by atoms with van der Waals surface area (Å²) < 4.78 is 0. The largest absolute Gasteiger partial charge is 0.0814 e. The molecule has 2 rings (SSSR count). The first-order valence-corrected chi connectivity index (χ1v) is 5.84. The minimum atomic E-state index is 0.605. The van der Waals surface area contributed by atoms with Crippen molar-refractivity contribution in [2.45, 2.75) is 20.8 Å². The molecule has 0 fully saturated rings. The fourth-order valence-corrected chi connectivity index (χ4v) is 1.79. The first-order valence-electron chi connectivity index (χ1n) is 5.84. The lowest BCUT2D eigenvalue weighted by molar-refractivity contribution is 0.836. The number of allylic oxidation sites excluding steroid dienone is 1. The van der Waals surface area contributed by atoms with Crippen molar-refractivity contribution < 1.29 is 0 Å². The maximum Gasteiger partial charge on any atom is -0.0178 e. The number of rotatable bonds is 2. The molecule has 2 aromatic rings. The number of benzene rings is 2. The van der Waals surface area contributed by atoms with Gasteiger partial charge in [0, 0.05) is 0 Å². The molecule has 2 aromatic carbocycles. The molecule has 0 saturated carbocycles. The van der Waals surface area contributed by atoms with E-state index in [-0.39, 0.29) is 0 Å². The monoisotopic (exact) mass is 210 g/mol. The van der Waals surface area contributed by atoms with Gasteiger partial charge in [0.15, 0.2) is 0 Å². The Hall–Kier alpha value is -1.56. The van der Waals surface area contributed by atoms with Crippen LogP contribution in [0.3, 0.4) is 0 Å². The van der Waals surface area contributed by atoms with Crippen LogP contribution in [-0.2, 0) is 0 Å². The van der Waals surface area contributed by atoms with E-state index in [1.807, 2.05) is 0 Å². The van der Waals surface area contributed by atoms with E-state index in [0.717, 1.165) is 0 Å². The Morgan fingerprint density at radius 3 is 2.38 bits per heavy atom. The number of fused-ring (bicyclic) bond motifs is 1. The molecule has 16 heavy (non-hydrogen) atoms. The van der Waals surface area contributed by atoms with Crippen LogP contribution in [0.2, 0.25) is 0 Å². The molecule has 0 bridgehead atoms. The predicted octanol–water partition coefficient (Wildman–Crippen LogP) is 4.82. The summed E-state index contributed by atoms with van der Waals surface area (Å²) >= 11 is 0. The highest BCUT2D eigenvalue weighted by molar-refractivity contribution is 5.85. The Morgan fingerprint density at radius 1 is 0.938 bits per heavy atom. The first-order chi connectivity index (χ1) is 7.65. The topological polar surface area (TPSA) is 0 Å². The van der Waals surface area contributed by atoms with Gasteiger partial charge in [-0.25, -0.2) is 0 Å². The molecule has 0 aliphatic carbocycles. The fourth-order valence-electron chi connectivity index (χ4n) is 1.79. The molecule has 0 unspecified atom stereocenters. The van der Waals surface area contributed by atoms with Crippen molar-refractivity contribution >= 4 is 16.8 Å². The van der Waals surface area contributed by atoms with Gasteiger partial charge in [-0.2, -0.15) is 0 Å². The zero-order valence-electron chi connectivity index (χ0n) is 10.2. The maximum absolute atomic E-state index is 2.24. The smallest absolute Gasteiger partial charge is 0.0178 e. The highest BCUT2D eigenvalue weighted by Crippen LogP contribution is 2.18. The van der Waals surface area contributed by atoms with Crippen molar-refractivity contribution in [2.24, 2.45) is 5.92 Å². The van der Waals surface area contributed by atoms with Crippen LogP contribution in [-0.4, -0.2) is 0 Å². The van der Waals surface area contributed by atoms with Crippen molar-refractivity contribution in [3.63, 3.8) is 0 Å². The van der Waals surface area contributed by atoms with Crippen LogP contribution in [0.5, 0.6) is 0 Å². The molecule has 0 nitrogen and oxygen atoms in total. The van der Waals surface area contributed by atoms with Crippen LogP contribution < -0.4 is 0 Å². The Kier molecular flexibility index (Phi) is 3.09. The predicted molar refractivity (Wildman–Crippen MR) is 72.6 cm³/mol. The van der Waals surface area contributed by atoms with E-state index >= 15 is 0 Å². The Labute approximate surface area is 97.6 Å². The van der Waals surface area contributed by atoms with E-state index in [4.69, 9.17) is 0 Å². The highest BCUT2D eigenvalue weighted by Gasteiger charge is 1.95. The van der Waals surface area contributed by atoms with Crippen LogP contribution in [0.1, 0.15) is 25.0 Å². The van der Waals surface area contributed by atoms with E-state index in [2.05, 4.69) is 69.3 Å². The average Bonchev–Trinajstić information content (AvgIpc) is 2.26. The zero-order valence-corrected chi connectivity index (χ0v) is 10.2. The van der Waals surface area contributed by atoms with Crippen LogP contribution in [0.4, 0.5) is 0 Å². The molecule has 0 amide bonds. The van der Waals surface area contributed by atoms with E-state index in [1.165, 1.54) is 21.9 Å². The van der Waals surface area contributed by atoms with Crippen LogP contribution in [0, 0.1) is 12.8 Å².